The molecule has 12 heteroatoms. The van der Waals surface area contributed by atoms with E-state index in [0.717, 1.165) is 5.52 Å². The number of nitrogens with one attached hydrogen (secondary N) is 2. The average Bonchev–Trinajstić information content (AvgIpc) is 3.02. The number of piperidine rings is 1. The summed E-state index contributed by atoms with van der Waals surface area (Å²) in [6.45, 7) is 1.73. The highest BCUT2D eigenvalue weighted by Crippen LogP contribution is 2.32. The maximum absolute atomic E-state index is 13.0. The molecule has 2 amide bonds. The molecule has 3 rings (SSSR count). The Balaban J connectivity index is 1.79. The molecule has 0 aliphatic carbocycles. The molecular weight excluding hydrogens is 467 g/mol. The highest BCUT2D eigenvalue weighted by molar-refractivity contribution is 7.81. The van der Waals surface area contributed by atoms with E-state index in [1.54, 1.807) is 29.8 Å². The van der Waals surface area contributed by atoms with E-state index in [9.17, 15) is 23.7 Å². The van der Waals surface area contributed by atoms with Crippen LogP contribution in [0.15, 0.2) is 18.2 Å². The predicted octanol–water partition coefficient (Wildman–Crippen LogP) is 2.09. The normalized spacial score (nSPS) is 20.4. The van der Waals surface area contributed by atoms with Gasteiger partial charge in [-0.25, -0.2) is 8.51 Å². The summed E-state index contributed by atoms with van der Waals surface area (Å²) >= 11 is 10.6. The molecule has 1 aromatic heterocycles. The van der Waals surface area contributed by atoms with Gasteiger partial charge in [-0.15, -0.1) is 0 Å². The summed E-state index contributed by atoms with van der Waals surface area (Å²) in [4.78, 5) is 35.5. The number of aromatic nitrogens is 1. The molecule has 1 aliphatic rings. The Hall–Kier alpha value is -2.14. The van der Waals surface area contributed by atoms with E-state index in [2.05, 4.69) is 10.0 Å². The van der Waals surface area contributed by atoms with Crippen LogP contribution in [0.25, 0.3) is 10.9 Å². The fourth-order valence-corrected chi connectivity index (χ4v) is 5.12. The summed E-state index contributed by atoms with van der Waals surface area (Å²) in [5.41, 5.74) is 1.10. The average molecular weight is 489 g/mol. The zero-order valence-corrected chi connectivity index (χ0v) is 19.2. The maximum Gasteiger partial charge on any atom is 0.303 e. The summed E-state index contributed by atoms with van der Waals surface area (Å²) in [6, 6.07) is 4.63. The lowest BCUT2D eigenvalue weighted by Gasteiger charge is -2.37. The standard InChI is InChI=1S/C19H22Cl2N4O5S/c1-10(26)23-31(30)25-6-5-14(11(9-25)7-17(27)28)22-19(29)16-8-12-15(24(16)2)4-3-13(20)18(12)21/h3-4,8,11,14H,5-7,9H2,1-2H3,(H,22,29)(H,23,26)(H,27,28). The number of hydrogen-bond donors (Lipinski definition) is 3. The molecule has 2 heterocycles. The minimum Gasteiger partial charge on any atom is -0.481 e. The van der Waals surface area contributed by atoms with Gasteiger partial charge in [-0.1, -0.05) is 23.2 Å². The molecule has 0 radical (unpaired) electrons. The summed E-state index contributed by atoms with van der Waals surface area (Å²) < 4.78 is 17.7. The van der Waals surface area contributed by atoms with Crippen molar-refractivity contribution in [2.24, 2.45) is 13.0 Å². The van der Waals surface area contributed by atoms with Gasteiger partial charge in [0.2, 0.25) is 5.91 Å². The topological polar surface area (TPSA) is 121 Å². The van der Waals surface area contributed by atoms with Crippen molar-refractivity contribution >= 4 is 63.1 Å². The number of carbonyl (C=O) groups excluding carboxylic acids is 2. The fourth-order valence-electron chi connectivity index (χ4n) is 3.77. The van der Waals surface area contributed by atoms with Crippen molar-refractivity contribution in [2.45, 2.75) is 25.8 Å². The maximum atomic E-state index is 13.0. The zero-order chi connectivity index (χ0) is 22.9. The van der Waals surface area contributed by atoms with E-state index in [-0.39, 0.29) is 18.9 Å². The third kappa shape index (κ3) is 5.20. The van der Waals surface area contributed by atoms with Gasteiger partial charge in [0, 0.05) is 49.9 Å². The van der Waals surface area contributed by atoms with Crippen LogP contribution >= 0.6 is 23.2 Å². The minimum atomic E-state index is -1.76. The predicted molar refractivity (Wildman–Crippen MR) is 118 cm³/mol. The number of benzene rings is 1. The van der Waals surface area contributed by atoms with E-state index < -0.39 is 35.0 Å². The molecule has 31 heavy (non-hydrogen) atoms. The first-order valence-electron chi connectivity index (χ1n) is 9.48. The van der Waals surface area contributed by atoms with Crippen LogP contribution in [-0.2, 0) is 27.8 Å². The largest absolute Gasteiger partial charge is 0.481 e. The highest BCUT2D eigenvalue weighted by atomic mass is 35.5. The Morgan fingerprint density at radius 2 is 2.00 bits per heavy atom. The second-order valence-corrected chi connectivity index (χ2v) is 9.41. The van der Waals surface area contributed by atoms with Crippen molar-refractivity contribution in [2.75, 3.05) is 13.1 Å². The second-order valence-electron chi connectivity index (χ2n) is 7.40. The molecule has 1 saturated heterocycles. The molecule has 3 unspecified atom stereocenters. The zero-order valence-electron chi connectivity index (χ0n) is 16.9. The van der Waals surface area contributed by atoms with Crippen LogP contribution in [0.1, 0.15) is 30.3 Å². The van der Waals surface area contributed by atoms with Gasteiger partial charge >= 0.3 is 5.97 Å². The number of aliphatic carboxylic acids is 1. The Bertz CT molecular complexity index is 1070. The number of halogens is 2. The van der Waals surface area contributed by atoms with Crippen LogP contribution in [0, 0.1) is 5.92 Å². The Kier molecular flexibility index (Phi) is 7.25. The van der Waals surface area contributed by atoms with E-state index in [1.165, 1.54) is 11.2 Å². The lowest BCUT2D eigenvalue weighted by Crippen LogP contribution is -2.53. The van der Waals surface area contributed by atoms with E-state index in [4.69, 9.17) is 23.2 Å². The number of carboxylic acid groups (broad SMARTS) is 1. The second kappa shape index (κ2) is 9.56. The molecule has 168 valence electrons. The van der Waals surface area contributed by atoms with E-state index >= 15 is 0 Å². The molecule has 9 nitrogen and oxygen atoms in total. The van der Waals surface area contributed by atoms with Crippen molar-refractivity contribution in [3.05, 3.63) is 33.9 Å². The van der Waals surface area contributed by atoms with Gasteiger partial charge in [0.05, 0.1) is 16.5 Å². The first-order valence-corrected chi connectivity index (χ1v) is 11.3. The van der Waals surface area contributed by atoms with Gasteiger partial charge in [0.15, 0.2) is 11.2 Å². The first kappa shape index (κ1) is 23.5. The summed E-state index contributed by atoms with van der Waals surface area (Å²) in [5.74, 6) is -2.33. The molecular formula is C19H22Cl2N4O5S. The monoisotopic (exact) mass is 488 g/mol. The molecule has 3 N–H and O–H groups in total. The first-order chi connectivity index (χ1) is 14.6. The van der Waals surface area contributed by atoms with Gasteiger partial charge in [-0.3, -0.25) is 19.1 Å². The van der Waals surface area contributed by atoms with Gasteiger partial charge < -0.3 is 15.0 Å². The lowest BCUT2D eigenvalue weighted by molar-refractivity contribution is -0.138. The van der Waals surface area contributed by atoms with E-state index in [0.29, 0.717) is 34.1 Å². The molecule has 3 atom stereocenters. The molecule has 1 fully saturated rings. The van der Waals surface area contributed by atoms with Crippen LogP contribution in [0.3, 0.4) is 0 Å². The molecule has 2 aromatic rings. The molecule has 1 aromatic carbocycles. The Labute approximate surface area is 191 Å². The van der Waals surface area contributed by atoms with Crippen LogP contribution in [0.2, 0.25) is 10.0 Å². The number of hydrogen-bond acceptors (Lipinski definition) is 4. The van der Waals surface area contributed by atoms with Gasteiger partial charge in [-0.2, -0.15) is 0 Å². The SMILES string of the molecule is CC(=O)NS(=O)N1CCC(NC(=O)c2cc3c(Cl)c(Cl)ccc3n2C)C(CC(=O)O)C1. The number of fused-ring (bicyclic) bond motifs is 1. The molecule has 0 saturated carbocycles. The molecule has 0 spiro atoms. The van der Waals surface area contributed by atoms with Crippen molar-refractivity contribution < 1.29 is 23.7 Å². The Morgan fingerprint density at radius 1 is 1.29 bits per heavy atom. The Morgan fingerprint density at radius 3 is 2.65 bits per heavy atom. The summed E-state index contributed by atoms with van der Waals surface area (Å²) in [6.07, 6.45) is 0.167. The number of amides is 2. The third-order valence-corrected chi connectivity index (χ3v) is 7.34. The van der Waals surface area contributed by atoms with Gasteiger partial charge in [-0.05, 0) is 24.6 Å². The molecule has 0 bridgehead atoms. The number of rotatable bonds is 6. The smallest absolute Gasteiger partial charge is 0.303 e. The van der Waals surface area contributed by atoms with Crippen molar-refractivity contribution in [1.29, 1.82) is 0 Å². The van der Waals surface area contributed by atoms with Gasteiger partial charge in [0.25, 0.3) is 5.91 Å². The fraction of sp³-hybridized carbons (Fsp3) is 0.421. The lowest BCUT2D eigenvalue weighted by atomic mass is 9.90. The van der Waals surface area contributed by atoms with Crippen LogP contribution < -0.4 is 10.0 Å². The number of nitrogens with zero attached hydrogens (tertiary/aromatic N) is 2. The number of carboxylic acids is 1. The van der Waals surface area contributed by atoms with Crippen LogP contribution in [-0.4, -0.2) is 55.1 Å². The van der Waals surface area contributed by atoms with Crippen molar-refractivity contribution in [3.8, 4) is 0 Å². The number of carbonyl (C=O) groups is 3. The summed E-state index contributed by atoms with van der Waals surface area (Å²) in [5, 5.41) is 13.6. The van der Waals surface area contributed by atoms with Gasteiger partial charge in [0.1, 0.15) is 5.69 Å². The van der Waals surface area contributed by atoms with E-state index in [1.807, 2.05) is 0 Å². The molecule has 1 aliphatic heterocycles. The number of aryl methyl sites for hydroxylation is 1. The summed E-state index contributed by atoms with van der Waals surface area (Å²) in [7, 11) is 1.73. The van der Waals surface area contributed by atoms with Crippen LogP contribution in [0.5, 0.6) is 0 Å². The quantitative estimate of drug-likeness (QED) is 0.574. The van der Waals surface area contributed by atoms with Crippen molar-refractivity contribution in [1.82, 2.24) is 18.9 Å². The van der Waals surface area contributed by atoms with Crippen molar-refractivity contribution in [3.63, 3.8) is 0 Å². The van der Waals surface area contributed by atoms with Crippen LogP contribution in [0.4, 0.5) is 0 Å². The highest BCUT2D eigenvalue weighted by Gasteiger charge is 2.35. The minimum absolute atomic E-state index is 0.153. The third-order valence-electron chi connectivity index (χ3n) is 5.26.